The van der Waals surface area contributed by atoms with E-state index in [0.717, 1.165) is 33.6 Å². The minimum atomic E-state index is -1.12. The number of amides is 2. The van der Waals surface area contributed by atoms with Crippen molar-refractivity contribution in [2.45, 2.75) is 78.8 Å². The summed E-state index contributed by atoms with van der Waals surface area (Å²) in [5.41, 5.74) is 6.58. The van der Waals surface area contributed by atoms with Crippen molar-refractivity contribution < 1.29 is 14.0 Å². The van der Waals surface area contributed by atoms with Crippen molar-refractivity contribution in [3.8, 4) is 0 Å². The van der Waals surface area contributed by atoms with Crippen LogP contribution in [-0.2, 0) is 16.1 Å². The predicted molar refractivity (Wildman–Crippen MR) is 183 cm³/mol. The van der Waals surface area contributed by atoms with Crippen LogP contribution in [0.25, 0.3) is 10.9 Å². The largest absolute Gasteiger partial charge is 0.358 e. The Kier molecular flexibility index (Phi) is 8.34. The van der Waals surface area contributed by atoms with Gasteiger partial charge in [-0.2, -0.15) is 0 Å². The van der Waals surface area contributed by atoms with Crippen molar-refractivity contribution in [2.24, 2.45) is 11.3 Å². The summed E-state index contributed by atoms with van der Waals surface area (Å²) in [6, 6.07) is 19.1. The molecule has 1 saturated heterocycles. The number of hydrogen-bond donors (Lipinski definition) is 2. The number of carbonyl (C=O) groups is 2. The van der Waals surface area contributed by atoms with Crippen LogP contribution in [0, 0.1) is 44.8 Å². The molecule has 2 amide bonds. The van der Waals surface area contributed by atoms with E-state index in [1.165, 1.54) is 17.0 Å². The molecule has 4 aromatic rings. The molecular weight excluding hydrogens is 575 g/mol. The van der Waals surface area contributed by atoms with Gasteiger partial charge in [0.1, 0.15) is 11.4 Å². The van der Waals surface area contributed by atoms with Crippen molar-refractivity contribution in [2.75, 3.05) is 25.5 Å². The summed E-state index contributed by atoms with van der Waals surface area (Å²) in [5, 5.41) is 4.46. The van der Waals surface area contributed by atoms with Crippen LogP contribution in [0.15, 0.2) is 60.7 Å². The zero-order valence-electron chi connectivity index (χ0n) is 28.3. The molecule has 2 aliphatic rings. The Morgan fingerprint density at radius 1 is 0.978 bits per heavy atom. The molecule has 242 valence electrons. The fourth-order valence-corrected chi connectivity index (χ4v) is 8.19. The van der Waals surface area contributed by atoms with E-state index in [4.69, 9.17) is 0 Å². The summed E-state index contributed by atoms with van der Waals surface area (Å²) in [4.78, 5) is 36.9. The molecular formula is C39H47FN4O2. The van der Waals surface area contributed by atoms with E-state index < -0.39 is 5.54 Å². The minimum absolute atomic E-state index is 0.0401. The minimum Gasteiger partial charge on any atom is -0.358 e. The van der Waals surface area contributed by atoms with Crippen LogP contribution in [-0.4, -0.2) is 52.3 Å². The Morgan fingerprint density at radius 2 is 1.61 bits per heavy atom. The van der Waals surface area contributed by atoms with E-state index in [-0.39, 0.29) is 41.4 Å². The van der Waals surface area contributed by atoms with Gasteiger partial charge in [0.25, 0.3) is 0 Å². The molecule has 46 heavy (non-hydrogen) atoms. The van der Waals surface area contributed by atoms with E-state index in [1.54, 1.807) is 23.1 Å². The number of aromatic nitrogens is 1. The Labute approximate surface area is 272 Å². The second-order valence-electron chi connectivity index (χ2n) is 14.5. The fourth-order valence-electron chi connectivity index (χ4n) is 8.19. The molecule has 3 aromatic carbocycles. The third kappa shape index (κ3) is 5.63. The number of H-pyrrole nitrogens is 1. The summed E-state index contributed by atoms with van der Waals surface area (Å²) in [7, 11) is 2.04. The maximum atomic E-state index is 15.2. The van der Waals surface area contributed by atoms with Gasteiger partial charge < -0.3 is 20.1 Å². The number of rotatable bonds is 8. The Balaban J connectivity index is 1.38. The number of aryl methyl sites for hydroxylation is 4. The number of para-hydroxylation sites is 1. The molecule has 0 radical (unpaired) electrons. The molecule has 6 nitrogen and oxygen atoms in total. The molecule has 2 fully saturated rings. The smallest absolute Gasteiger partial charge is 0.250 e. The van der Waals surface area contributed by atoms with Crippen molar-refractivity contribution in [3.63, 3.8) is 0 Å². The van der Waals surface area contributed by atoms with Crippen LogP contribution < -0.4 is 5.32 Å². The maximum absolute atomic E-state index is 15.2. The molecule has 2 heterocycles. The highest BCUT2D eigenvalue weighted by Gasteiger charge is 2.60. The molecule has 0 spiro atoms. The number of aromatic amines is 1. The third-order valence-electron chi connectivity index (χ3n) is 11.0. The van der Waals surface area contributed by atoms with Crippen molar-refractivity contribution >= 4 is 28.4 Å². The number of benzene rings is 3. The van der Waals surface area contributed by atoms with Gasteiger partial charge in [-0.3, -0.25) is 9.59 Å². The Morgan fingerprint density at radius 3 is 2.28 bits per heavy atom. The molecule has 0 unspecified atom stereocenters. The molecule has 1 saturated carbocycles. The number of hydrogen-bond acceptors (Lipinski definition) is 3. The van der Waals surface area contributed by atoms with E-state index in [9.17, 15) is 9.59 Å². The van der Waals surface area contributed by atoms with E-state index in [2.05, 4.69) is 66.3 Å². The first-order valence-corrected chi connectivity index (χ1v) is 16.5. The van der Waals surface area contributed by atoms with Crippen LogP contribution >= 0.6 is 0 Å². The second-order valence-corrected chi connectivity index (χ2v) is 14.5. The highest BCUT2D eigenvalue weighted by molar-refractivity contribution is 6.02. The van der Waals surface area contributed by atoms with E-state index in [1.807, 2.05) is 33.9 Å². The summed E-state index contributed by atoms with van der Waals surface area (Å²) in [5.74, 6) is -0.372. The van der Waals surface area contributed by atoms with Gasteiger partial charge in [-0.1, -0.05) is 67.9 Å². The highest BCUT2D eigenvalue weighted by Crippen LogP contribution is 2.67. The summed E-state index contributed by atoms with van der Waals surface area (Å²) in [6.07, 6.45) is 1.23. The van der Waals surface area contributed by atoms with Crippen LogP contribution in [0.5, 0.6) is 0 Å². The van der Waals surface area contributed by atoms with Gasteiger partial charge in [-0.25, -0.2) is 4.39 Å². The van der Waals surface area contributed by atoms with Crippen LogP contribution in [0.3, 0.4) is 0 Å². The lowest BCUT2D eigenvalue weighted by Gasteiger charge is -2.47. The number of carbonyl (C=O) groups excluding carboxylic acids is 2. The monoisotopic (exact) mass is 622 g/mol. The molecule has 1 aliphatic carbocycles. The SMILES string of the molecule is Cc1cc(C)c(NC(=O)C2(N(Cc3ccccc3F)C(=O)C[C@H]3[C@H](c4c(C)[nH]c5ccccc45)C3(C)C)CCN(C)CC2)c(C)c1. The van der Waals surface area contributed by atoms with Crippen molar-refractivity contribution in [1.82, 2.24) is 14.8 Å². The first-order chi connectivity index (χ1) is 21.8. The first kappa shape index (κ1) is 32.0. The predicted octanol–water partition coefficient (Wildman–Crippen LogP) is 7.80. The van der Waals surface area contributed by atoms with Gasteiger partial charge in [0, 0.05) is 53.9 Å². The van der Waals surface area contributed by atoms with Crippen LogP contribution in [0.4, 0.5) is 10.1 Å². The number of piperidine rings is 1. The second kappa shape index (κ2) is 12.0. The standard InChI is InChI=1S/C39H47FN4O2/c1-24-20-25(2)36(26(3)21-24)42-37(46)39(16-18-43(7)19-17-39)44(23-28-12-8-10-14-31(28)40)33(45)22-30-35(38(30,5)6)34-27(4)41-32-15-11-9-13-29(32)34/h8-15,20-21,30,35,41H,16-19,22-23H2,1-7H3,(H,42,46)/t30-,35+/m0/s1. The molecule has 1 aromatic heterocycles. The number of nitrogens with one attached hydrogen (secondary N) is 2. The van der Waals surface area contributed by atoms with Crippen LogP contribution in [0.2, 0.25) is 0 Å². The van der Waals surface area contributed by atoms with E-state index in [0.29, 0.717) is 37.9 Å². The number of anilines is 1. The fraction of sp³-hybridized carbons (Fsp3) is 0.436. The first-order valence-electron chi connectivity index (χ1n) is 16.5. The lowest BCUT2D eigenvalue weighted by Crippen LogP contribution is -2.63. The van der Waals surface area contributed by atoms with Gasteiger partial charge in [0.2, 0.25) is 11.8 Å². The Hall–Kier alpha value is -3.97. The maximum Gasteiger partial charge on any atom is 0.250 e. The molecule has 2 N–H and O–H groups in total. The molecule has 7 heteroatoms. The van der Waals surface area contributed by atoms with Crippen molar-refractivity contribution in [1.29, 1.82) is 0 Å². The van der Waals surface area contributed by atoms with Gasteiger partial charge in [-0.15, -0.1) is 0 Å². The molecule has 1 aliphatic heterocycles. The number of fused-ring (bicyclic) bond motifs is 1. The third-order valence-corrected chi connectivity index (χ3v) is 11.0. The normalized spacial score (nSPS) is 20.4. The quantitative estimate of drug-likeness (QED) is 0.211. The van der Waals surface area contributed by atoms with E-state index >= 15 is 4.39 Å². The Bertz CT molecular complexity index is 1780. The van der Waals surface area contributed by atoms with Gasteiger partial charge in [0.15, 0.2) is 0 Å². The van der Waals surface area contributed by atoms with Gasteiger partial charge in [-0.05, 0) is 93.7 Å². The average molecular weight is 623 g/mol. The topological polar surface area (TPSA) is 68.4 Å². The van der Waals surface area contributed by atoms with Crippen molar-refractivity contribution in [3.05, 3.63) is 100.0 Å². The lowest BCUT2D eigenvalue weighted by atomic mass is 9.83. The zero-order chi connectivity index (χ0) is 33.0. The highest BCUT2D eigenvalue weighted by atomic mass is 19.1. The average Bonchev–Trinajstić information content (AvgIpc) is 3.35. The zero-order valence-corrected chi connectivity index (χ0v) is 28.3. The molecule has 0 bridgehead atoms. The van der Waals surface area contributed by atoms with Crippen LogP contribution in [0.1, 0.15) is 72.5 Å². The molecule has 2 atom stereocenters. The molecule has 6 rings (SSSR count). The summed E-state index contributed by atoms with van der Waals surface area (Å²) >= 11 is 0. The summed E-state index contributed by atoms with van der Waals surface area (Å²) in [6.45, 7) is 14.0. The number of likely N-dealkylation sites (tertiary alicyclic amines) is 1. The van der Waals surface area contributed by atoms with Gasteiger partial charge >= 0.3 is 0 Å². The summed E-state index contributed by atoms with van der Waals surface area (Å²) < 4.78 is 15.2. The number of halogens is 1. The lowest BCUT2D eigenvalue weighted by molar-refractivity contribution is -0.150. The van der Waals surface area contributed by atoms with Gasteiger partial charge in [0.05, 0.1) is 0 Å². The number of nitrogens with zero attached hydrogens (tertiary/aromatic N) is 2.